The molecule has 5 nitrogen and oxygen atoms in total. The van der Waals surface area contributed by atoms with Crippen LogP contribution in [-0.2, 0) is 20.1 Å². The molecule has 0 saturated carbocycles. The van der Waals surface area contributed by atoms with E-state index in [1.807, 2.05) is 36.4 Å². The number of hydrogen-bond donors (Lipinski definition) is 0. The van der Waals surface area contributed by atoms with Crippen LogP contribution in [0.25, 0.3) is 0 Å². The van der Waals surface area contributed by atoms with E-state index in [9.17, 15) is 5.26 Å². The Hall–Kier alpha value is -3.39. The van der Waals surface area contributed by atoms with Crippen molar-refractivity contribution in [2.75, 3.05) is 0 Å². The molecule has 1 aromatic heterocycles. The summed E-state index contributed by atoms with van der Waals surface area (Å²) in [6.07, 6.45) is 3.32. The minimum absolute atomic E-state index is 0.470. The lowest BCUT2D eigenvalue weighted by molar-refractivity contribution is 0.419. The van der Waals surface area contributed by atoms with Crippen LogP contribution < -0.4 is 0 Å². The van der Waals surface area contributed by atoms with Crippen LogP contribution in [0.15, 0.2) is 71.9 Å². The van der Waals surface area contributed by atoms with Crippen LogP contribution in [0.4, 0.5) is 5.82 Å². The number of hydrogen-bond acceptors (Lipinski definition) is 3. The lowest BCUT2D eigenvalue weighted by Gasteiger charge is -2.20. The van der Waals surface area contributed by atoms with E-state index in [2.05, 4.69) is 45.3 Å². The highest BCUT2D eigenvalue weighted by molar-refractivity contribution is 5.63. The summed E-state index contributed by atoms with van der Waals surface area (Å²) in [7, 11) is 1.78. The summed E-state index contributed by atoms with van der Waals surface area (Å²) in [6, 6.07) is 22.6. The molecule has 0 bridgehead atoms. The van der Waals surface area contributed by atoms with Crippen LogP contribution in [0.5, 0.6) is 0 Å². The van der Waals surface area contributed by atoms with Crippen molar-refractivity contribution in [3.63, 3.8) is 0 Å². The predicted octanol–water partition coefficient (Wildman–Crippen LogP) is 3.65. The van der Waals surface area contributed by atoms with Crippen molar-refractivity contribution < 1.29 is 0 Å². The second-order valence-electron chi connectivity index (χ2n) is 5.74. The Morgan fingerprint density at radius 3 is 2.12 bits per heavy atom. The van der Waals surface area contributed by atoms with Crippen LogP contribution in [0, 0.1) is 11.3 Å². The molecule has 0 aliphatic rings. The number of nitriles is 1. The van der Waals surface area contributed by atoms with E-state index in [0.717, 1.165) is 13.1 Å². The number of aromatic nitrogens is 2. The van der Waals surface area contributed by atoms with Gasteiger partial charge in [-0.15, -0.1) is 0 Å². The van der Waals surface area contributed by atoms with Gasteiger partial charge in [0.1, 0.15) is 11.6 Å². The van der Waals surface area contributed by atoms with Gasteiger partial charge < -0.3 is 4.90 Å². The Balaban J connectivity index is 1.84. The number of benzene rings is 2. The first-order valence-electron chi connectivity index (χ1n) is 8.04. The lowest BCUT2D eigenvalue weighted by atomic mass is 10.2. The highest BCUT2D eigenvalue weighted by atomic mass is 15.3. The average Bonchev–Trinajstić information content (AvgIpc) is 3.01. The molecule has 3 rings (SSSR count). The maximum atomic E-state index is 9.18. The number of rotatable bonds is 6. The SMILES string of the molecule is Cn1ncc(C#N)c1/N=C/N(Cc1ccccc1)Cc1ccccc1. The third-order valence-corrected chi connectivity index (χ3v) is 3.83. The van der Waals surface area contributed by atoms with Gasteiger partial charge in [0.25, 0.3) is 0 Å². The Kier molecular flexibility index (Phi) is 5.22. The first-order valence-corrected chi connectivity index (χ1v) is 8.04. The van der Waals surface area contributed by atoms with E-state index in [1.54, 1.807) is 18.1 Å². The van der Waals surface area contributed by atoms with Crippen LogP contribution in [0.1, 0.15) is 16.7 Å². The molecule has 0 saturated heterocycles. The predicted molar refractivity (Wildman–Crippen MR) is 98.2 cm³/mol. The first kappa shape index (κ1) is 16.5. The van der Waals surface area contributed by atoms with Crippen molar-refractivity contribution in [2.24, 2.45) is 12.0 Å². The van der Waals surface area contributed by atoms with Gasteiger partial charge >= 0.3 is 0 Å². The molecule has 5 heteroatoms. The van der Waals surface area contributed by atoms with E-state index in [-0.39, 0.29) is 0 Å². The van der Waals surface area contributed by atoms with Gasteiger partial charge in [-0.3, -0.25) is 0 Å². The highest BCUT2D eigenvalue weighted by Crippen LogP contribution is 2.17. The Labute approximate surface area is 147 Å². The summed E-state index contributed by atoms with van der Waals surface area (Å²) in [4.78, 5) is 6.63. The third-order valence-electron chi connectivity index (χ3n) is 3.83. The summed E-state index contributed by atoms with van der Waals surface area (Å²) in [5.74, 6) is 0.564. The fourth-order valence-electron chi connectivity index (χ4n) is 2.57. The second-order valence-corrected chi connectivity index (χ2v) is 5.74. The topological polar surface area (TPSA) is 57.2 Å². The molecule has 0 atom stereocenters. The van der Waals surface area contributed by atoms with E-state index in [0.29, 0.717) is 11.4 Å². The Morgan fingerprint density at radius 2 is 1.60 bits per heavy atom. The van der Waals surface area contributed by atoms with Crippen LogP contribution in [-0.4, -0.2) is 21.0 Å². The molecular formula is C20H19N5. The maximum absolute atomic E-state index is 9.18. The summed E-state index contributed by atoms with van der Waals surface area (Å²) < 4.78 is 1.61. The fourth-order valence-corrected chi connectivity index (χ4v) is 2.57. The van der Waals surface area contributed by atoms with Gasteiger partial charge in [0, 0.05) is 20.1 Å². The van der Waals surface area contributed by atoms with Gasteiger partial charge in [-0.05, 0) is 11.1 Å². The zero-order chi connectivity index (χ0) is 17.5. The van der Waals surface area contributed by atoms with Gasteiger partial charge in [-0.25, -0.2) is 9.67 Å². The van der Waals surface area contributed by atoms with Crippen LogP contribution in [0.2, 0.25) is 0 Å². The van der Waals surface area contributed by atoms with E-state index in [1.165, 1.54) is 17.3 Å². The highest BCUT2D eigenvalue weighted by Gasteiger charge is 2.08. The third kappa shape index (κ3) is 4.33. The molecule has 0 radical (unpaired) electrons. The summed E-state index contributed by atoms with van der Waals surface area (Å²) >= 11 is 0. The first-order chi connectivity index (χ1) is 12.3. The summed E-state index contributed by atoms with van der Waals surface area (Å²) in [6.45, 7) is 1.47. The quantitative estimate of drug-likeness (QED) is 0.512. The Morgan fingerprint density at radius 1 is 1.04 bits per heavy atom. The van der Waals surface area contributed by atoms with Crippen molar-refractivity contribution in [3.05, 3.63) is 83.6 Å². The van der Waals surface area contributed by atoms with Crippen molar-refractivity contribution in [3.8, 4) is 6.07 Å². The molecule has 0 aliphatic carbocycles. The fraction of sp³-hybridized carbons (Fsp3) is 0.150. The molecule has 0 spiro atoms. The molecule has 0 aliphatic heterocycles. The summed E-state index contributed by atoms with van der Waals surface area (Å²) in [5.41, 5.74) is 2.88. The lowest BCUT2D eigenvalue weighted by Crippen LogP contribution is -2.21. The number of aliphatic imine (C=N–C) groups is 1. The van der Waals surface area contributed by atoms with E-state index >= 15 is 0 Å². The molecule has 0 fully saturated rings. The zero-order valence-electron chi connectivity index (χ0n) is 14.1. The Bertz CT molecular complexity index is 834. The number of aryl methyl sites for hydroxylation is 1. The molecule has 0 amide bonds. The smallest absolute Gasteiger partial charge is 0.169 e. The van der Waals surface area contributed by atoms with Gasteiger partial charge in [-0.1, -0.05) is 60.7 Å². The minimum atomic E-state index is 0.470. The molecule has 3 aromatic rings. The largest absolute Gasteiger partial charge is 0.354 e. The maximum Gasteiger partial charge on any atom is 0.169 e. The molecular weight excluding hydrogens is 310 g/mol. The molecule has 25 heavy (non-hydrogen) atoms. The van der Waals surface area contributed by atoms with E-state index < -0.39 is 0 Å². The second kappa shape index (κ2) is 7.93. The van der Waals surface area contributed by atoms with Gasteiger partial charge in [0.05, 0.1) is 12.5 Å². The molecule has 1 heterocycles. The minimum Gasteiger partial charge on any atom is -0.354 e. The van der Waals surface area contributed by atoms with Crippen LogP contribution in [0.3, 0.4) is 0 Å². The van der Waals surface area contributed by atoms with Crippen molar-refractivity contribution in [1.82, 2.24) is 14.7 Å². The van der Waals surface area contributed by atoms with Crippen molar-refractivity contribution >= 4 is 12.2 Å². The average molecular weight is 329 g/mol. The normalized spacial score (nSPS) is 10.7. The van der Waals surface area contributed by atoms with Crippen molar-refractivity contribution in [2.45, 2.75) is 13.1 Å². The molecule has 2 aromatic carbocycles. The zero-order valence-corrected chi connectivity index (χ0v) is 14.1. The van der Waals surface area contributed by atoms with Gasteiger partial charge in [-0.2, -0.15) is 10.4 Å². The van der Waals surface area contributed by atoms with Gasteiger partial charge in [0.15, 0.2) is 5.82 Å². The monoisotopic (exact) mass is 329 g/mol. The standard InChI is InChI=1S/C20H19N5/c1-24-20(19(12-21)13-23-24)22-16-25(14-17-8-4-2-5-9-17)15-18-10-6-3-7-11-18/h2-11,13,16H,14-15H2,1H3/b22-16+. The van der Waals surface area contributed by atoms with E-state index in [4.69, 9.17) is 0 Å². The summed E-state index contributed by atoms with van der Waals surface area (Å²) in [5, 5.41) is 13.3. The van der Waals surface area contributed by atoms with Gasteiger partial charge in [0.2, 0.25) is 0 Å². The number of nitrogens with zero attached hydrogens (tertiary/aromatic N) is 5. The van der Waals surface area contributed by atoms with Crippen LogP contribution >= 0.6 is 0 Å². The molecule has 0 N–H and O–H groups in total. The molecule has 124 valence electrons. The van der Waals surface area contributed by atoms with Crippen molar-refractivity contribution in [1.29, 1.82) is 5.26 Å². The molecule has 0 unspecified atom stereocenters.